The van der Waals surface area contributed by atoms with Crippen molar-refractivity contribution in [3.8, 4) is 23.0 Å². The fourth-order valence-corrected chi connectivity index (χ4v) is 4.35. The van der Waals surface area contributed by atoms with Crippen molar-refractivity contribution in [1.29, 1.82) is 0 Å². The number of nitrogens with one attached hydrogen (secondary N) is 2. The van der Waals surface area contributed by atoms with Crippen LogP contribution in [-0.2, 0) is 14.4 Å². The average Bonchev–Trinajstić information content (AvgIpc) is 3.75. The Balaban J connectivity index is 0.00000405. The maximum atomic E-state index is 15.1. The Morgan fingerprint density at radius 1 is 0.952 bits per heavy atom. The van der Waals surface area contributed by atoms with E-state index in [2.05, 4.69) is 15.6 Å². The molecule has 42 heavy (non-hydrogen) atoms. The summed E-state index contributed by atoms with van der Waals surface area (Å²) < 4.78 is 31.4. The van der Waals surface area contributed by atoms with Crippen LogP contribution in [0.25, 0.3) is 10.9 Å². The number of carboxylic acids is 1. The molecule has 1 aliphatic carbocycles. The van der Waals surface area contributed by atoms with Gasteiger partial charge in [0.1, 0.15) is 17.8 Å². The van der Waals surface area contributed by atoms with E-state index in [4.69, 9.17) is 25.8 Å². The molecule has 1 fully saturated rings. The molecule has 2 amide bonds. The van der Waals surface area contributed by atoms with Gasteiger partial charge in [0.25, 0.3) is 0 Å². The van der Waals surface area contributed by atoms with Gasteiger partial charge in [-0.1, -0.05) is 17.7 Å². The summed E-state index contributed by atoms with van der Waals surface area (Å²) in [7, 11) is 1.38. The molecule has 210 valence electrons. The summed E-state index contributed by atoms with van der Waals surface area (Å²) in [5, 5.41) is 17.0. The zero-order chi connectivity index (χ0) is 29.1. The first-order chi connectivity index (χ1) is 19.7. The molecule has 1 heterocycles. The number of aromatic nitrogens is 1. The van der Waals surface area contributed by atoms with Crippen molar-refractivity contribution >= 4 is 51.7 Å². The van der Waals surface area contributed by atoms with Gasteiger partial charge in [-0.3, -0.25) is 14.6 Å². The molecule has 2 N–H and O–H groups in total. The van der Waals surface area contributed by atoms with Crippen molar-refractivity contribution in [2.45, 2.75) is 12.8 Å². The molecule has 1 aromatic heterocycles. The maximum Gasteiger partial charge on any atom is 1.00 e. The fourth-order valence-electron chi connectivity index (χ4n) is 4.16. The van der Waals surface area contributed by atoms with Crippen molar-refractivity contribution in [3.05, 3.63) is 77.7 Å². The van der Waals surface area contributed by atoms with E-state index >= 15 is 4.39 Å². The van der Waals surface area contributed by atoms with E-state index < -0.39 is 35.6 Å². The third kappa shape index (κ3) is 6.60. The molecule has 4 aromatic rings. The number of rotatable bonds is 10. The molecule has 1 saturated carbocycles. The zero-order valence-electron chi connectivity index (χ0n) is 22.5. The number of halogens is 2. The van der Waals surface area contributed by atoms with E-state index in [1.165, 1.54) is 43.6 Å². The van der Waals surface area contributed by atoms with E-state index in [-0.39, 0.29) is 47.5 Å². The van der Waals surface area contributed by atoms with Gasteiger partial charge in [0.15, 0.2) is 23.1 Å². The van der Waals surface area contributed by atoms with Gasteiger partial charge < -0.3 is 34.7 Å². The summed E-state index contributed by atoms with van der Waals surface area (Å²) in [5.74, 6) is -2.72. The van der Waals surface area contributed by atoms with Crippen molar-refractivity contribution in [1.82, 2.24) is 4.98 Å². The van der Waals surface area contributed by atoms with E-state index in [0.717, 1.165) is 6.07 Å². The van der Waals surface area contributed by atoms with Crippen LogP contribution in [0.1, 0.15) is 12.8 Å². The number of hydrogen-bond donors (Lipinski definition) is 2. The number of anilines is 2. The Hall–Kier alpha value is -4.30. The molecule has 1 aliphatic rings. The Morgan fingerprint density at radius 3 is 2.29 bits per heavy atom. The Bertz CT molecular complexity index is 1680. The molecule has 0 unspecified atom stereocenters. The van der Waals surface area contributed by atoms with Crippen molar-refractivity contribution in [2.75, 3.05) is 24.4 Å². The predicted octanol–water partition coefficient (Wildman–Crippen LogP) is 1.32. The monoisotopic (exact) mass is 585 g/mol. The van der Waals surface area contributed by atoms with Crippen LogP contribution in [0.4, 0.5) is 15.8 Å². The van der Waals surface area contributed by atoms with E-state index in [1.807, 2.05) is 0 Å². The minimum absolute atomic E-state index is 0. The second kappa shape index (κ2) is 12.7. The molecular weight excluding hydrogens is 564 g/mol. The number of carboxylic acid groups (broad SMARTS) is 1. The van der Waals surface area contributed by atoms with Gasteiger partial charge >= 0.3 is 18.9 Å². The van der Waals surface area contributed by atoms with Crippen LogP contribution in [0, 0.1) is 11.2 Å². The van der Waals surface area contributed by atoms with Crippen molar-refractivity contribution < 1.29 is 57.0 Å². The normalized spacial score (nSPS) is 12.9. The van der Waals surface area contributed by atoms with Gasteiger partial charge in [0.2, 0.25) is 11.8 Å². The molecule has 0 bridgehead atoms. The Kier molecular flexibility index (Phi) is 9.26. The van der Waals surface area contributed by atoms with Crippen LogP contribution in [0.5, 0.6) is 23.0 Å². The van der Waals surface area contributed by atoms with Crippen molar-refractivity contribution in [2.24, 2.45) is 5.41 Å². The summed E-state index contributed by atoms with van der Waals surface area (Å²) in [6.45, 7) is -0.681. The van der Waals surface area contributed by atoms with Crippen LogP contribution >= 0.6 is 11.6 Å². The number of nitrogens with zero attached hydrogens (tertiary/aromatic N) is 1. The van der Waals surface area contributed by atoms with Crippen LogP contribution in [0.3, 0.4) is 0 Å². The predicted molar refractivity (Wildman–Crippen MR) is 146 cm³/mol. The zero-order valence-corrected chi connectivity index (χ0v) is 23.3. The smallest absolute Gasteiger partial charge is 0.546 e. The Morgan fingerprint density at radius 2 is 1.67 bits per heavy atom. The van der Waals surface area contributed by atoms with Gasteiger partial charge in [0, 0.05) is 40.1 Å². The first-order valence-corrected chi connectivity index (χ1v) is 12.7. The first kappa shape index (κ1) is 30.7. The van der Waals surface area contributed by atoms with Gasteiger partial charge in [0.05, 0.1) is 18.6 Å². The standard InChI is InChI=1S/C29H23ClFN3O7.Li/c1-39-24-13-19-21(14-25(24)40-15-26(35)36)32-10-7-22(19)41-23-6-5-18(12-20(23)31)34-28(38)29(8-9-29)27(37)33-17-4-2-3-16(30)11-17;/h2-7,10-14H,8-9,15H2,1H3,(H,33,37)(H,34,38)(H,35,36);/q;+1/p-1. The number of pyridine rings is 1. The van der Waals surface area contributed by atoms with Gasteiger partial charge in [-0.25, -0.2) is 4.39 Å². The minimum atomic E-state index is -1.40. The summed E-state index contributed by atoms with van der Waals surface area (Å²) >= 11 is 5.97. The molecule has 0 saturated heterocycles. The van der Waals surface area contributed by atoms with Crippen molar-refractivity contribution in [3.63, 3.8) is 0 Å². The number of carbonyl (C=O) groups excluding carboxylic acids is 3. The molecular formula is C29H22ClFLiN3O7. The SMILES string of the molecule is COc1cc2c(Oc3ccc(NC(=O)C4(C(=O)Nc5cccc(Cl)c5)CC4)cc3F)ccnc2cc1OCC(=O)[O-].[Li+]. The third-order valence-electron chi connectivity index (χ3n) is 6.44. The molecule has 13 heteroatoms. The van der Waals surface area contributed by atoms with Gasteiger partial charge in [-0.2, -0.15) is 0 Å². The molecule has 10 nitrogen and oxygen atoms in total. The number of carbonyl (C=O) groups is 3. The molecule has 0 atom stereocenters. The van der Waals surface area contributed by atoms with Crippen LogP contribution < -0.4 is 48.8 Å². The third-order valence-corrected chi connectivity index (χ3v) is 6.68. The van der Waals surface area contributed by atoms with E-state index in [9.17, 15) is 19.5 Å². The second-order valence-electron chi connectivity index (χ2n) is 9.24. The first-order valence-electron chi connectivity index (χ1n) is 12.3. The maximum absolute atomic E-state index is 15.1. The molecule has 0 aliphatic heterocycles. The fraction of sp³-hybridized carbons (Fsp3) is 0.172. The number of methoxy groups -OCH3 is 1. The summed E-state index contributed by atoms with van der Waals surface area (Å²) in [6.07, 6.45) is 2.14. The molecule has 0 spiro atoms. The topological polar surface area (TPSA) is 139 Å². The quantitative estimate of drug-likeness (QED) is 0.210. The van der Waals surface area contributed by atoms with E-state index in [1.54, 1.807) is 24.3 Å². The summed E-state index contributed by atoms with van der Waals surface area (Å²) in [6, 6.07) is 15.0. The van der Waals surface area contributed by atoms with Crippen LogP contribution in [-0.4, -0.2) is 36.5 Å². The van der Waals surface area contributed by atoms with E-state index in [0.29, 0.717) is 34.5 Å². The number of fused-ring (bicyclic) bond motifs is 1. The second-order valence-corrected chi connectivity index (χ2v) is 9.67. The van der Waals surface area contributed by atoms with Gasteiger partial charge in [-0.15, -0.1) is 0 Å². The number of hydrogen-bond acceptors (Lipinski definition) is 8. The average molecular weight is 586 g/mol. The number of aliphatic carboxylic acids is 1. The number of amides is 2. The number of benzene rings is 3. The molecule has 5 rings (SSSR count). The molecule has 0 radical (unpaired) electrons. The summed E-state index contributed by atoms with van der Waals surface area (Å²) in [4.78, 5) is 40.8. The summed E-state index contributed by atoms with van der Waals surface area (Å²) in [5.41, 5.74) is -0.256. The largest absolute Gasteiger partial charge is 1.00 e. The minimum Gasteiger partial charge on any atom is -0.546 e. The van der Waals surface area contributed by atoms with Crippen LogP contribution in [0.2, 0.25) is 5.02 Å². The van der Waals surface area contributed by atoms with Crippen LogP contribution in [0.15, 0.2) is 66.9 Å². The molecule has 3 aromatic carbocycles. The Labute approximate surface area is 256 Å². The number of ether oxygens (including phenoxy) is 3. The van der Waals surface area contributed by atoms with Gasteiger partial charge in [-0.05, 0) is 55.3 Å².